The molecular weight excluding hydrogens is 216 g/mol. The largest absolute Gasteiger partial charge is 0.445 e. The molecule has 0 bridgehead atoms. The third-order valence-electron chi connectivity index (χ3n) is 3.45. The molecule has 2 saturated heterocycles. The van der Waals surface area contributed by atoms with Gasteiger partial charge in [-0.05, 0) is 25.0 Å². The number of carbonyl (C=O) groups is 1. The van der Waals surface area contributed by atoms with Crippen molar-refractivity contribution in [2.24, 2.45) is 0 Å². The van der Waals surface area contributed by atoms with Crippen molar-refractivity contribution in [2.75, 3.05) is 24.6 Å². The average Bonchev–Trinajstić information content (AvgIpc) is 2.98. The van der Waals surface area contributed by atoms with E-state index in [1.54, 1.807) is 4.90 Å². The third-order valence-corrected chi connectivity index (χ3v) is 3.45. The number of nitrogens with zero attached hydrogens (tertiary/aromatic N) is 2. The van der Waals surface area contributed by atoms with E-state index in [0.717, 1.165) is 18.8 Å². The standard InChI is InChI=1S/C13H16N2O2/c16-13-15(11-6-2-1-3-7-11)12(10-17-13)14-8-4-5-9-14/h1-3,6-7,12H,4-5,8-10H2. The minimum absolute atomic E-state index is 0.0763. The molecule has 0 saturated carbocycles. The molecule has 0 aliphatic carbocycles. The van der Waals surface area contributed by atoms with E-state index < -0.39 is 0 Å². The van der Waals surface area contributed by atoms with Gasteiger partial charge in [0.25, 0.3) is 0 Å². The van der Waals surface area contributed by atoms with Crippen LogP contribution in [0.1, 0.15) is 12.8 Å². The van der Waals surface area contributed by atoms with Crippen LogP contribution in [0.2, 0.25) is 0 Å². The molecule has 1 unspecified atom stereocenters. The Morgan fingerprint density at radius 2 is 1.82 bits per heavy atom. The van der Waals surface area contributed by atoms with E-state index in [2.05, 4.69) is 4.90 Å². The Bertz CT molecular complexity index is 401. The van der Waals surface area contributed by atoms with Crippen molar-refractivity contribution < 1.29 is 9.53 Å². The highest BCUT2D eigenvalue weighted by Crippen LogP contribution is 2.26. The second-order valence-electron chi connectivity index (χ2n) is 4.51. The fraction of sp³-hybridized carbons (Fsp3) is 0.462. The first kappa shape index (κ1) is 10.6. The van der Waals surface area contributed by atoms with Crippen LogP contribution < -0.4 is 4.90 Å². The van der Waals surface area contributed by atoms with Crippen LogP contribution in [0.15, 0.2) is 30.3 Å². The molecule has 4 nitrogen and oxygen atoms in total. The summed E-state index contributed by atoms with van der Waals surface area (Å²) in [6, 6.07) is 9.75. The number of benzene rings is 1. The van der Waals surface area contributed by atoms with Crippen molar-refractivity contribution in [1.82, 2.24) is 4.90 Å². The normalized spacial score (nSPS) is 25.3. The van der Waals surface area contributed by atoms with E-state index in [9.17, 15) is 4.79 Å². The molecule has 4 heteroatoms. The van der Waals surface area contributed by atoms with Crippen molar-refractivity contribution in [2.45, 2.75) is 19.0 Å². The summed E-state index contributed by atoms with van der Waals surface area (Å²) < 4.78 is 5.19. The summed E-state index contributed by atoms with van der Waals surface area (Å²) in [6.07, 6.45) is 2.28. The molecule has 2 heterocycles. The molecular formula is C13H16N2O2. The number of hydrogen-bond donors (Lipinski definition) is 0. The Balaban J connectivity index is 1.86. The molecule has 0 radical (unpaired) electrons. The number of anilines is 1. The zero-order valence-corrected chi connectivity index (χ0v) is 9.71. The predicted octanol–water partition coefficient (Wildman–Crippen LogP) is 2.07. The van der Waals surface area contributed by atoms with E-state index in [0.29, 0.717) is 6.61 Å². The lowest BCUT2D eigenvalue weighted by Gasteiger charge is -2.29. The summed E-state index contributed by atoms with van der Waals surface area (Å²) in [7, 11) is 0. The van der Waals surface area contributed by atoms with Gasteiger partial charge in [0.2, 0.25) is 0 Å². The molecule has 1 atom stereocenters. The summed E-state index contributed by atoms with van der Waals surface area (Å²) in [5.41, 5.74) is 0.923. The zero-order valence-electron chi connectivity index (χ0n) is 9.71. The van der Waals surface area contributed by atoms with Gasteiger partial charge in [0, 0.05) is 18.8 Å². The van der Waals surface area contributed by atoms with Crippen LogP contribution in [-0.2, 0) is 4.74 Å². The first-order valence-corrected chi connectivity index (χ1v) is 6.11. The highest BCUT2D eigenvalue weighted by atomic mass is 16.6. The minimum Gasteiger partial charge on any atom is -0.445 e. The van der Waals surface area contributed by atoms with Crippen LogP contribution in [0.4, 0.5) is 10.5 Å². The molecule has 3 rings (SSSR count). The molecule has 2 fully saturated rings. The Hall–Kier alpha value is -1.55. The van der Waals surface area contributed by atoms with Gasteiger partial charge in [-0.15, -0.1) is 0 Å². The lowest BCUT2D eigenvalue weighted by Crippen LogP contribution is -2.46. The fourth-order valence-corrected chi connectivity index (χ4v) is 2.59. The van der Waals surface area contributed by atoms with Crippen LogP contribution in [-0.4, -0.2) is 36.9 Å². The lowest BCUT2D eigenvalue weighted by molar-refractivity contribution is 0.163. The maximum absolute atomic E-state index is 11.8. The third kappa shape index (κ3) is 1.89. The number of likely N-dealkylation sites (tertiary alicyclic amines) is 1. The van der Waals surface area contributed by atoms with Gasteiger partial charge in [-0.25, -0.2) is 4.79 Å². The van der Waals surface area contributed by atoms with Crippen molar-refractivity contribution in [3.63, 3.8) is 0 Å². The van der Waals surface area contributed by atoms with Gasteiger partial charge in [-0.2, -0.15) is 0 Å². The van der Waals surface area contributed by atoms with Crippen molar-refractivity contribution >= 4 is 11.8 Å². The van der Waals surface area contributed by atoms with Gasteiger partial charge in [0.1, 0.15) is 12.8 Å². The Morgan fingerprint density at radius 1 is 1.12 bits per heavy atom. The van der Waals surface area contributed by atoms with Gasteiger partial charge in [0.15, 0.2) is 0 Å². The van der Waals surface area contributed by atoms with E-state index in [1.165, 1.54) is 12.8 Å². The molecule has 0 aromatic heterocycles. The number of cyclic esters (lactones) is 1. The Morgan fingerprint density at radius 3 is 2.53 bits per heavy atom. The Kier molecular flexibility index (Phi) is 2.73. The molecule has 1 aromatic rings. The van der Waals surface area contributed by atoms with Gasteiger partial charge >= 0.3 is 6.09 Å². The summed E-state index contributed by atoms with van der Waals surface area (Å²) in [5, 5.41) is 0. The SMILES string of the molecule is O=C1OCC(N2CCCC2)N1c1ccccc1. The van der Waals surface area contributed by atoms with E-state index >= 15 is 0 Å². The Labute approximate surface area is 101 Å². The molecule has 90 valence electrons. The van der Waals surface area contributed by atoms with E-state index in [1.807, 2.05) is 30.3 Å². The number of carbonyl (C=O) groups excluding carboxylic acids is 1. The van der Waals surface area contributed by atoms with Crippen LogP contribution in [0.5, 0.6) is 0 Å². The molecule has 1 amide bonds. The number of hydrogen-bond acceptors (Lipinski definition) is 3. The molecule has 2 aliphatic rings. The first-order chi connectivity index (χ1) is 8.36. The molecule has 2 aliphatic heterocycles. The van der Waals surface area contributed by atoms with Crippen LogP contribution in [0, 0.1) is 0 Å². The minimum atomic E-state index is -0.229. The molecule has 17 heavy (non-hydrogen) atoms. The summed E-state index contributed by atoms with van der Waals surface area (Å²) in [4.78, 5) is 15.9. The topological polar surface area (TPSA) is 32.8 Å². The van der Waals surface area contributed by atoms with E-state index in [4.69, 9.17) is 4.74 Å². The highest BCUT2D eigenvalue weighted by molar-refractivity contribution is 5.90. The number of rotatable bonds is 2. The second kappa shape index (κ2) is 4.37. The van der Waals surface area contributed by atoms with Crippen molar-refractivity contribution in [3.8, 4) is 0 Å². The number of para-hydroxylation sites is 1. The van der Waals surface area contributed by atoms with Crippen molar-refractivity contribution in [3.05, 3.63) is 30.3 Å². The van der Waals surface area contributed by atoms with Crippen LogP contribution in [0.25, 0.3) is 0 Å². The maximum Gasteiger partial charge on any atom is 0.415 e. The summed E-state index contributed by atoms with van der Waals surface area (Å²) >= 11 is 0. The van der Waals surface area contributed by atoms with Gasteiger partial charge in [-0.3, -0.25) is 9.80 Å². The van der Waals surface area contributed by atoms with Crippen LogP contribution in [0.3, 0.4) is 0 Å². The summed E-state index contributed by atoms with van der Waals surface area (Å²) in [5.74, 6) is 0. The smallest absolute Gasteiger partial charge is 0.415 e. The average molecular weight is 232 g/mol. The van der Waals surface area contributed by atoms with Gasteiger partial charge in [-0.1, -0.05) is 18.2 Å². The van der Waals surface area contributed by atoms with E-state index in [-0.39, 0.29) is 12.3 Å². The van der Waals surface area contributed by atoms with Gasteiger partial charge < -0.3 is 4.74 Å². The molecule has 0 N–H and O–H groups in total. The molecule has 0 spiro atoms. The number of ether oxygens (including phenoxy) is 1. The number of amides is 1. The quantitative estimate of drug-likeness (QED) is 0.782. The summed E-state index contributed by atoms with van der Waals surface area (Å²) in [6.45, 7) is 2.60. The first-order valence-electron chi connectivity index (χ1n) is 6.11. The molecule has 1 aromatic carbocycles. The lowest BCUT2D eigenvalue weighted by atomic mass is 10.3. The maximum atomic E-state index is 11.8. The second-order valence-corrected chi connectivity index (χ2v) is 4.51. The monoisotopic (exact) mass is 232 g/mol. The van der Waals surface area contributed by atoms with Gasteiger partial charge in [0.05, 0.1) is 0 Å². The van der Waals surface area contributed by atoms with Crippen LogP contribution >= 0.6 is 0 Å². The predicted molar refractivity (Wildman–Crippen MR) is 64.9 cm³/mol. The van der Waals surface area contributed by atoms with Crippen molar-refractivity contribution in [1.29, 1.82) is 0 Å². The highest BCUT2D eigenvalue weighted by Gasteiger charge is 2.38. The zero-order chi connectivity index (χ0) is 11.7. The fourth-order valence-electron chi connectivity index (χ4n) is 2.59.